The lowest BCUT2D eigenvalue weighted by Gasteiger charge is -2.16. The number of anilines is 1. The summed E-state index contributed by atoms with van der Waals surface area (Å²) in [5.74, 6) is 0.324. The molecule has 196 valence electrons. The summed E-state index contributed by atoms with van der Waals surface area (Å²) in [6.07, 6.45) is 8.08. The normalized spacial score (nSPS) is 14.4. The van der Waals surface area contributed by atoms with E-state index in [1.165, 1.54) is 18.9 Å². The molecule has 4 heterocycles. The van der Waals surface area contributed by atoms with Crippen LogP contribution in [0.5, 0.6) is 5.75 Å². The number of benzene rings is 1. The number of aromatic nitrogens is 4. The van der Waals surface area contributed by atoms with Gasteiger partial charge in [-0.2, -0.15) is 0 Å². The second-order valence-electron chi connectivity index (χ2n) is 9.62. The summed E-state index contributed by atoms with van der Waals surface area (Å²) in [5, 5.41) is 6.81. The number of hydrogen-bond acceptors (Lipinski definition) is 8. The molecule has 10 heteroatoms. The monoisotopic (exact) mass is 516 g/mol. The highest BCUT2D eigenvalue weighted by molar-refractivity contribution is 6.00. The molecule has 0 bridgehead atoms. The number of carbonyl (C=O) groups excluding carboxylic acids is 1. The standard InChI is InChI=1S/C28H29FN6O3/c1-3-37-27(36)25-26-22(20-12-30-16(2)10-17(20)11-31-18-4-5-18)14-33-28(35(26)15-34-25)32-13-21-19-8-9-38-24(19)7-6-23(21)29/h6-7,10,12,14-15,18,31H,3-5,8-9,11,13H2,1-2H3,(H,32,33). The number of nitrogens with zero attached hydrogens (tertiary/aromatic N) is 4. The fourth-order valence-electron chi connectivity index (χ4n) is 4.91. The lowest BCUT2D eigenvalue weighted by molar-refractivity contribution is 0.0522. The smallest absolute Gasteiger partial charge is 0.359 e. The maximum Gasteiger partial charge on any atom is 0.359 e. The molecule has 1 fully saturated rings. The number of nitrogens with one attached hydrogen (secondary N) is 2. The quantitative estimate of drug-likeness (QED) is 0.319. The summed E-state index contributed by atoms with van der Waals surface area (Å²) in [7, 11) is 0. The molecule has 38 heavy (non-hydrogen) atoms. The summed E-state index contributed by atoms with van der Waals surface area (Å²) in [5.41, 5.74) is 5.70. The minimum atomic E-state index is -0.518. The topological polar surface area (TPSA) is 103 Å². The van der Waals surface area contributed by atoms with Gasteiger partial charge in [0.1, 0.15) is 17.9 Å². The fourth-order valence-corrected chi connectivity index (χ4v) is 4.91. The van der Waals surface area contributed by atoms with E-state index in [2.05, 4.69) is 31.7 Å². The van der Waals surface area contributed by atoms with Crippen molar-refractivity contribution in [3.8, 4) is 16.9 Å². The average Bonchev–Trinajstić information content (AvgIpc) is 3.42. The Bertz CT molecular complexity index is 1530. The summed E-state index contributed by atoms with van der Waals surface area (Å²) in [6.45, 7) is 5.36. The van der Waals surface area contributed by atoms with Crippen LogP contribution in [-0.2, 0) is 24.2 Å². The molecule has 2 aliphatic rings. The van der Waals surface area contributed by atoms with E-state index in [1.807, 2.05) is 13.1 Å². The maximum absolute atomic E-state index is 14.7. The average molecular weight is 517 g/mol. The molecular formula is C28H29FN6O3. The molecule has 4 aromatic rings. The van der Waals surface area contributed by atoms with Crippen LogP contribution in [-0.4, -0.2) is 44.6 Å². The van der Waals surface area contributed by atoms with Gasteiger partial charge in [-0.1, -0.05) is 0 Å². The number of halogens is 1. The van der Waals surface area contributed by atoms with Gasteiger partial charge >= 0.3 is 5.97 Å². The molecule has 1 aromatic carbocycles. The van der Waals surface area contributed by atoms with Gasteiger partial charge in [-0.05, 0) is 50.5 Å². The number of pyridine rings is 1. The molecule has 1 aliphatic carbocycles. The third kappa shape index (κ3) is 4.56. The second-order valence-corrected chi connectivity index (χ2v) is 9.62. The maximum atomic E-state index is 14.7. The van der Waals surface area contributed by atoms with Gasteiger partial charge in [-0.15, -0.1) is 0 Å². The van der Waals surface area contributed by atoms with Crippen LogP contribution >= 0.6 is 0 Å². The molecule has 0 radical (unpaired) electrons. The van der Waals surface area contributed by atoms with Crippen molar-refractivity contribution in [1.82, 2.24) is 24.7 Å². The largest absolute Gasteiger partial charge is 0.493 e. The third-order valence-electron chi connectivity index (χ3n) is 6.97. The molecule has 0 unspecified atom stereocenters. The summed E-state index contributed by atoms with van der Waals surface area (Å²) >= 11 is 0. The molecule has 1 aliphatic heterocycles. The van der Waals surface area contributed by atoms with Crippen LogP contribution in [0, 0.1) is 12.7 Å². The van der Waals surface area contributed by atoms with E-state index in [0.717, 1.165) is 27.9 Å². The Morgan fingerprint density at radius 3 is 2.84 bits per heavy atom. The van der Waals surface area contributed by atoms with Crippen LogP contribution in [0.15, 0.2) is 36.9 Å². The number of imidazole rings is 1. The first kappa shape index (κ1) is 24.3. The van der Waals surface area contributed by atoms with Crippen molar-refractivity contribution >= 4 is 17.4 Å². The molecule has 6 rings (SSSR count). The first-order valence-corrected chi connectivity index (χ1v) is 12.9. The summed E-state index contributed by atoms with van der Waals surface area (Å²) in [4.78, 5) is 26.5. The van der Waals surface area contributed by atoms with Gasteiger partial charge < -0.3 is 20.1 Å². The number of hydrogen-bond donors (Lipinski definition) is 2. The van der Waals surface area contributed by atoms with Crippen LogP contribution < -0.4 is 15.4 Å². The zero-order chi connectivity index (χ0) is 26.2. The Labute approximate surface area is 219 Å². The molecule has 1 saturated carbocycles. The minimum Gasteiger partial charge on any atom is -0.493 e. The third-order valence-corrected chi connectivity index (χ3v) is 6.97. The van der Waals surface area contributed by atoms with E-state index in [0.29, 0.717) is 48.4 Å². The lowest BCUT2D eigenvalue weighted by atomic mass is 10.0. The Morgan fingerprint density at radius 2 is 2.03 bits per heavy atom. The van der Waals surface area contributed by atoms with Crippen molar-refractivity contribution in [2.45, 2.75) is 52.2 Å². The molecule has 0 amide bonds. The van der Waals surface area contributed by atoms with Crippen molar-refractivity contribution in [1.29, 1.82) is 0 Å². The van der Waals surface area contributed by atoms with Crippen LogP contribution in [0.25, 0.3) is 16.6 Å². The number of esters is 1. The van der Waals surface area contributed by atoms with Crippen LogP contribution in [0.1, 0.15) is 52.6 Å². The van der Waals surface area contributed by atoms with E-state index in [9.17, 15) is 9.18 Å². The van der Waals surface area contributed by atoms with Crippen molar-refractivity contribution in [3.05, 3.63) is 70.8 Å². The number of rotatable bonds is 9. The van der Waals surface area contributed by atoms with Gasteiger partial charge in [0, 0.05) is 65.9 Å². The zero-order valence-corrected chi connectivity index (χ0v) is 21.4. The molecule has 0 spiro atoms. The Morgan fingerprint density at radius 1 is 1.18 bits per heavy atom. The number of fused-ring (bicyclic) bond motifs is 2. The Kier molecular flexibility index (Phi) is 6.40. The van der Waals surface area contributed by atoms with E-state index < -0.39 is 5.97 Å². The summed E-state index contributed by atoms with van der Waals surface area (Å²) in [6, 6.07) is 5.68. The highest BCUT2D eigenvalue weighted by Gasteiger charge is 2.25. The van der Waals surface area contributed by atoms with Crippen LogP contribution in [0.3, 0.4) is 0 Å². The predicted molar refractivity (Wildman–Crippen MR) is 140 cm³/mol. The van der Waals surface area contributed by atoms with Crippen molar-refractivity contribution in [3.63, 3.8) is 0 Å². The van der Waals surface area contributed by atoms with Crippen LogP contribution in [0.4, 0.5) is 10.3 Å². The van der Waals surface area contributed by atoms with Gasteiger partial charge in [0.15, 0.2) is 5.69 Å². The van der Waals surface area contributed by atoms with Gasteiger partial charge in [-0.25, -0.2) is 19.2 Å². The van der Waals surface area contributed by atoms with E-state index >= 15 is 0 Å². The molecule has 9 nitrogen and oxygen atoms in total. The lowest BCUT2D eigenvalue weighted by Crippen LogP contribution is -2.16. The molecule has 3 aromatic heterocycles. The van der Waals surface area contributed by atoms with Crippen molar-refractivity contribution in [2.24, 2.45) is 0 Å². The van der Waals surface area contributed by atoms with Gasteiger partial charge in [0.25, 0.3) is 0 Å². The van der Waals surface area contributed by atoms with E-state index in [-0.39, 0.29) is 24.7 Å². The molecule has 0 saturated heterocycles. The first-order chi connectivity index (χ1) is 18.5. The Balaban J connectivity index is 1.42. The fraction of sp³-hybridized carbons (Fsp3) is 0.357. The number of ether oxygens (including phenoxy) is 2. The Hall–Kier alpha value is -4.05. The van der Waals surface area contributed by atoms with E-state index in [1.54, 1.807) is 29.9 Å². The second kappa shape index (κ2) is 10.0. The highest BCUT2D eigenvalue weighted by Crippen LogP contribution is 2.33. The minimum absolute atomic E-state index is 0.189. The first-order valence-electron chi connectivity index (χ1n) is 12.9. The van der Waals surface area contributed by atoms with Crippen molar-refractivity contribution < 1.29 is 18.7 Å². The van der Waals surface area contributed by atoms with Crippen molar-refractivity contribution in [2.75, 3.05) is 18.5 Å². The van der Waals surface area contributed by atoms with Crippen LogP contribution in [0.2, 0.25) is 0 Å². The van der Waals surface area contributed by atoms with Gasteiger partial charge in [0.05, 0.1) is 18.7 Å². The predicted octanol–water partition coefficient (Wildman–Crippen LogP) is 4.21. The van der Waals surface area contributed by atoms with Gasteiger partial charge in [-0.3, -0.25) is 9.38 Å². The highest BCUT2D eigenvalue weighted by atomic mass is 19.1. The number of carbonyl (C=O) groups is 1. The number of aryl methyl sites for hydroxylation is 1. The molecule has 0 atom stereocenters. The van der Waals surface area contributed by atoms with E-state index in [4.69, 9.17) is 9.47 Å². The SMILES string of the molecule is CCOC(=O)c1ncn2c(NCc3c(F)ccc4c3CCO4)ncc(-c3cnc(C)cc3CNC3CC3)c12. The zero-order valence-electron chi connectivity index (χ0n) is 21.4. The van der Waals surface area contributed by atoms with Gasteiger partial charge in [0.2, 0.25) is 5.95 Å². The summed E-state index contributed by atoms with van der Waals surface area (Å²) < 4.78 is 27.4. The molecule has 2 N–H and O–H groups in total. The molecular weight excluding hydrogens is 487 g/mol.